The molecular weight excluding hydrogens is 448 g/mol. The third-order valence-corrected chi connectivity index (χ3v) is 7.11. The highest BCUT2D eigenvalue weighted by Gasteiger charge is 2.63. The fourth-order valence-corrected chi connectivity index (χ4v) is 5.33. The van der Waals surface area contributed by atoms with Crippen molar-refractivity contribution in [1.29, 1.82) is 0 Å². The van der Waals surface area contributed by atoms with Crippen LogP contribution in [0.25, 0.3) is 0 Å². The maximum Gasteiger partial charge on any atom is 0.238 e. The van der Waals surface area contributed by atoms with E-state index in [-0.39, 0.29) is 18.0 Å². The van der Waals surface area contributed by atoms with Crippen LogP contribution in [0.1, 0.15) is 30.1 Å². The molecule has 0 aromatic heterocycles. The zero-order chi connectivity index (χ0) is 25.1. The highest BCUT2D eigenvalue weighted by atomic mass is 16.5. The Kier molecular flexibility index (Phi) is 6.38. The van der Waals surface area contributed by atoms with Crippen LogP contribution in [0.3, 0.4) is 0 Å². The molecule has 1 unspecified atom stereocenters. The number of rotatable bonds is 8. The van der Waals surface area contributed by atoms with Crippen LogP contribution >= 0.6 is 0 Å². The SMILES string of the molecule is COc1ccccc1NC(c1ccccc1)[C@]1(C)C(=O)N(c2ccccc2OC)[C@H]1c1ccccc1. The second kappa shape index (κ2) is 9.78. The number of methoxy groups -OCH3 is 2. The van der Waals surface area contributed by atoms with Gasteiger partial charge in [0.15, 0.2) is 0 Å². The van der Waals surface area contributed by atoms with E-state index in [0.29, 0.717) is 5.75 Å². The Balaban J connectivity index is 1.67. The Bertz CT molecular complexity index is 1300. The molecule has 0 spiro atoms. The molecule has 5 rings (SSSR count). The predicted molar refractivity (Wildman–Crippen MR) is 144 cm³/mol. The van der Waals surface area contributed by atoms with E-state index in [1.54, 1.807) is 14.2 Å². The maximum absolute atomic E-state index is 14.3. The quantitative estimate of drug-likeness (QED) is 0.288. The number of para-hydroxylation sites is 4. The van der Waals surface area contributed by atoms with Gasteiger partial charge in [0, 0.05) is 0 Å². The molecule has 0 bridgehead atoms. The normalized spacial score (nSPS) is 19.8. The zero-order valence-electron chi connectivity index (χ0n) is 20.7. The molecule has 0 aliphatic carbocycles. The van der Waals surface area contributed by atoms with Gasteiger partial charge in [0.25, 0.3) is 0 Å². The lowest BCUT2D eigenvalue weighted by atomic mass is 9.62. The van der Waals surface area contributed by atoms with Crippen molar-refractivity contribution >= 4 is 17.3 Å². The minimum Gasteiger partial charge on any atom is -0.495 e. The molecule has 1 fully saturated rings. The summed E-state index contributed by atoms with van der Waals surface area (Å²) in [6.07, 6.45) is 0. The van der Waals surface area contributed by atoms with E-state index in [1.807, 2.05) is 89.8 Å². The summed E-state index contributed by atoms with van der Waals surface area (Å²) in [7, 11) is 3.29. The molecule has 1 N–H and O–H groups in total. The first-order chi connectivity index (χ1) is 17.6. The Hall–Kier alpha value is -4.25. The lowest BCUT2D eigenvalue weighted by Crippen LogP contribution is -2.65. The molecular formula is C31H30N2O3. The van der Waals surface area contributed by atoms with Crippen LogP contribution < -0.4 is 19.7 Å². The van der Waals surface area contributed by atoms with Crippen molar-refractivity contribution in [2.75, 3.05) is 24.4 Å². The van der Waals surface area contributed by atoms with Gasteiger partial charge >= 0.3 is 0 Å². The number of carbonyl (C=O) groups is 1. The Morgan fingerprint density at radius 3 is 1.97 bits per heavy atom. The highest BCUT2D eigenvalue weighted by Crippen LogP contribution is 2.60. The molecule has 1 saturated heterocycles. The van der Waals surface area contributed by atoms with Gasteiger partial charge in [-0.25, -0.2) is 0 Å². The number of carbonyl (C=O) groups excluding carboxylic acids is 1. The van der Waals surface area contributed by atoms with Crippen molar-refractivity contribution in [3.05, 3.63) is 120 Å². The largest absolute Gasteiger partial charge is 0.495 e. The van der Waals surface area contributed by atoms with Gasteiger partial charge in [0.2, 0.25) is 5.91 Å². The zero-order valence-corrected chi connectivity index (χ0v) is 20.7. The number of nitrogens with zero attached hydrogens (tertiary/aromatic N) is 1. The van der Waals surface area contributed by atoms with Crippen molar-refractivity contribution in [3.8, 4) is 11.5 Å². The lowest BCUT2D eigenvalue weighted by molar-refractivity contribution is -0.140. The average molecular weight is 479 g/mol. The minimum atomic E-state index is -0.801. The molecule has 1 heterocycles. The van der Waals surface area contributed by atoms with Gasteiger partial charge in [0.05, 0.1) is 43.1 Å². The van der Waals surface area contributed by atoms with Crippen molar-refractivity contribution in [1.82, 2.24) is 0 Å². The molecule has 5 heteroatoms. The van der Waals surface area contributed by atoms with Crippen LogP contribution in [0.5, 0.6) is 11.5 Å². The summed E-state index contributed by atoms with van der Waals surface area (Å²) in [5.41, 5.74) is 2.89. The van der Waals surface area contributed by atoms with E-state index >= 15 is 0 Å². The fourth-order valence-electron chi connectivity index (χ4n) is 5.33. The Labute approximate surface area is 212 Å². The first-order valence-electron chi connectivity index (χ1n) is 12.1. The Morgan fingerprint density at radius 2 is 1.31 bits per heavy atom. The first kappa shape index (κ1) is 23.5. The van der Waals surface area contributed by atoms with Crippen LogP contribution in [0.2, 0.25) is 0 Å². The number of benzene rings is 4. The fraction of sp³-hybridized carbons (Fsp3) is 0.194. The number of hydrogen-bond acceptors (Lipinski definition) is 4. The van der Waals surface area contributed by atoms with Crippen molar-refractivity contribution < 1.29 is 14.3 Å². The van der Waals surface area contributed by atoms with Gasteiger partial charge in [-0.3, -0.25) is 9.69 Å². The van der Waals surface area contributed by atoms with E-state index < -0.39 is 5.41 Å². The van der Waals surface area contributed by atoms with Gasteiger partial charge in [0.1, 0.15) is 11.5 Å². The van der Waals surface area contributed by atoms with Crippen LogP contribution in [0, 0.1) is 5.41 Å². The predicted octanol–water partition coefficient (Wildman–Crippen LogP) is 6.65. The third kappa shape index (κ3) is 3.87. The molecule has 0 saturated carbocycles. The molecule has 4 aromatic rings. The number of amides is 1. The second-order valence-corrected chi connectivity index (χ2v) is 9.13. The van der Waals surface area contributed by atoms with Gasteiger partial charge in [-0.2, -0.15) is 0 Å². The van der Waals surface area contributed by atoms with E-state index in [2.05, 4.69) is 36.5 Å². The standard InChI is InChI=1S/C31H30N2O3/c1-31(28(22-14-6-4-7-15-22)32-24-18-10-12-20-26(24)35-2)29(23-16-8-5-9-17-23)33(30(31)34)25-19-11-13-21-27(25)36-3/h4-21,28-29,32H,1-3H3/t28?,29-,31-/m0/s1. The first-order valence-corrected chi connectivity index (χ1v) is 12.1. The summed E-state index contributed by atoms with van der Waals surface area (Å²) in [5.74, 6) is 1.42. The summed E-state index contributed by atoms with van der Waals surface area (Å²) in [6, 6.07) is 35.3. The summed E-state index contributed by atoms with van der Waals surface area (Å²) >= 11 is 0. The number of nitrogens with one attached hydrogen (secondary N) is 1. The van der Waals surface area contributed by atoms with Gasteiger partial charge < -0.3 is 14.8 Å². The smallest absolute Gasteiger partial charge is 0.238 e. The number of anilines is 2. The molecule has 0 radical (unpaired) electrons. The lowest BCUT2D eigenvalue weighted by Gasteiger charge is -2.58. The molecule has 36 heavy (non-hydrogen) atoms. The number of hydrogen-bond donors (Lipinski definition) is 1. The van der Waals surface area contributed by atoms with E-state index in [4.69, 9.17) is 9.47 Å². The molecule has 5 nitrogen and oxygen atoms in total. The van der Waals surface area contributed by atoms with Crippen molar-refractivity contribution in [3.63, 3.8) is 0 Å². The summed E-state index contributed by atoms with van der Waals surface area (Å²) < 4.78 is 11.3. The summed E-state index contributed by atoms with van der Waals surface area (Å²) in [6.45, 7) is 2.05. The molecule has 3 atom stereocenters. The maximum atomic E-state index is 14.3. The molecule has 1 amide bonds. The third-order valence-electron chi connectivity index (χ3n) is 7.11. The van der Waals surface area contributed by atoms with Crippen LogP contribution in [0.15, 0.2) is 109 Å². The summed E-state index contributed by atoms with van der Waals surface area (Å²) in [5, 5.41) is 3.68. The molecule has 182 valence electrons. The van der Waals surface area contributed by atoms with Gasteiger partial charge in [-0.15, -0.1) is 0 Å². The second-order valence-electron chi connectivity index (χ2n) is 9.13. The number of ether oxygens (including phenoxy) is 2. The van der Waals surface area contributed by atoms with Crippen LogP contribution in [0.4, 0.5) is 11.4 Å². The van der Waals surface area contributed by atoms with Crippen molar-refractivity contribution in [2.45, 2.75) is 19.0 Å². The molecule has 1 aliphatic rings. The Morgan fingerprint density at radius 1 is 0.750 bits per heavy atom. The van der Waals surface area contributed by atoms with E-state index in [0.717, 1.165) is 28.3 Å². The van der Waals surface area contributed by atoms with Gasteiger partial charge in [-0.05, 0) is 42.3 Å². The highest BCUT2D eigenvalue weighted by molar-refractivity contribution is 6.08. The van der Waals surface area contributed by atoms with E-state index in [1.165, 1.54) is 0 Å². The van der Waals surface area contributed by atoms with Crippen LogP contribution in [-0.4, -0.2) is 20.1 Å². The van der Waals surface area contributed by atoms with Gasteiger partial charge in [-0.1, -0.05) is 84.9 Å². The van der Waals surface area contributed by atoms with Crippen molar-refractivity contribution in [2.24, 2.45) is 5.41 Å². The topological polar surface area (TPSA) is 50.8 Å². The molecule has 4 aromatic carbocycles. The average Bonchev–Trinajstić information content (AvgIpc) is 2.95. The van der Waals surface area contributed by atoms with E-state index in [9.17, 15) is 4.79 Å². The summed E-state index contributed by atoms with van der Waals surface area (Å²) in [4.78, 5) is 16.2. The molecule has 1 aliphatic heterocycles. The van der Waals surface area contributed by atoms with Crippen LogP contribution in [-0.2, 0) is 4.79 Å². The monoisotopic (exact) mass is 478 g/mol. The number of β-lactam (4-membered cyclic amide) rings is 1. The minimum absolute atomic E-state index is 0.0251.